The molecule has 1 atom stereocenters. The highest BCUT2D eigenvalue weighted by atomic mass is 32.2. The summed E-state index contributed by atoms with van der Waals surface area (Å²) >= 11 is 0. The van der Waals surface area contributed by atoms with E-state index in [2.05, 4.69) is 5.32 Å². The van der Waals surface area contributed by atoms with Crippen molar-refractivity contribution in [3.8, 4) is 0 Å². The van der Waals surface area contributed by atoms with Crippen molar-refractivity contribution in [3.05, 3.63) is 29.6 Å². The molecular weight excluding hydrogens is 321 g/mol. The van der Waals surface area contributed by atoms with Crippen molar-refractivity contribution in [2.45, 2.75) is 32.7 Å². The monoisotopic (exact) mass is 345 g/mol. The summed E-state index contributed by atoms with van der Waals surface area (Å²) in [6.45, 7) is 6.13. The zero-order valence-electron chi connectivity index (χ0n) is 13.8. The maximum absolute atomic E-state index is 13.7. The molecule has 0 saturated heterocycles. The summed E-state index contributed by atoms with van der Waals surface area (Å²) in [5.41, 5.74) is 5.05. The van der Waals surface area contributed by atoms with Gasteiger partial charge in [-0.1, -0.05) is 13.8 Å². The number of halogens is 1. The van der Waals surface area contributed by atoms with E-state index in [9.17, 15) is 17.6 Å². The number of rotatable bonds is 7. The minimum Gasteiger partial charge on any atom is -0.346 e. The molecule has 0 aliphatic carbocycles. The molecule has 1 rings (SSSR count). The highest BCUT2D eigenvalue weighted by Crippen LogP contribution is 2.20. The number of nitrogens with two attached hydrogens (primary N) is 1. The molecule has 23 heavy (non-hydrogen) atoms. The quantitative estimate of drug-likeness (QED) is 0.700. The smallest absolute Gasteiger partial charge is 0.251 e. The van der Waals surface area contributed by atoms with Gasteiger partial charge in [-0.05, 0) is 37.5 Å². The molecular formula is C15H24FN3O3S. The molecule has 0 saturated carbocycles. The van der Waals surface area contributed by atoms with Crippen LogP contribution in [-0.4, -0.2) is 32.7 Å². The van der Waals surface area contributed by atoms with Crippen molar-refractivity contribution in [1.82, 2.24) is 5.32 Å². The van der Waals surface area contributed by atoms with Crippen LogP contribution in [0.15, 0.2) is 18.2 Å². The van der Waals surface area contributed by atoms with E-state index in [1.807, 2.05) is 25.5 Å². The maximum atomic E-state index is 13.7. The molecule has 130 valence electrons. The standard InChI is InChI=1S/C15H24FN3O3S/c1-10(2)8-15(3,9-17)18-14(20)11-5-6-12(16)13(7-11)19-23(4,21)22/h5-7,10,19H,8-9,17H2,1-4H3,(H,18,20). The minimum atomic E-state index is -3.64. The van der Waals surface area contributed by atoms with Crippen LogP contribution in [0.4, 0.5) is 10.1 Å². The average Bonchev–Trinajstić information content (AvgIpc) is 2.38. The second kappa shape index (κ2) is 7.27. The summed E-state index contributed by atoms with van der Waals surface area (Å²) in [4.78, 5) is 12.4. The van der Waals surface area contributed by atoms with E-state index in [0.717, 1.165) is 18.4 Å². The van der Waals surface area contributed by atoms with Crippen molar-refractivity contribution < 1.29 is 17.6 Å². The van der Waals surface area contributed by atoms with E-state index < -0.39 is 27.3 Å². The van der Waals surface area contributed by atoms with Gasteiger partial charge in [0.05, 0.1) is 11.9 Å². The van der Waals surface area contributed by atoms with Crippen LogP contribution in [0.2, 0.25) is 0 Å². The van der Waals surface area contributed by atoms with Gasteiger partial charge in [0.2, 0.25) is 10.0 Å². The van der Waals surface area contributed by atoms with Crippen LogP contribution in [0.3, 0.4) is 0 Å². The number of sulfonamides is 1. The predicted octanol–water partition coefficient (Wildman–Crippen LogP) is 1.69. The Bertz CT molecular complexity index is 677. The van der Waals surface area contributed by atoms with E-state index in [4.69, 9.17) is 5.73 Å². The van der Waals surface area contributed by atoms with E-state index in [1.54, 1.807) is 0 Å². The van der Waals surface area contributed by atoms with Gasteiger partial charge in [-0.3, -0.25) is 9.52 Å². The molecule has 0 aromatic heterocycles. The summed E-state index contributed by atoms with van der Waals surface area (Å²) in [7, 11) is -3.64. The van der Waals surface area contributed by atoms with Crippen LogP contribution in [0.5, 0.6) is 0 Å². The van der Waals surface area contributed by atoms with Crippen molar-refractivity contribution in [3.63, 3.8) is 0 Å². The summed E-state index contributed by atoms with van der Waals surface area (Å²) < 4.78 is 38.2. The van der Waals surface area contributed by atoms with Crippen LogP contribution in [-0.2, 0) is 10.0 Å². The lowest BCUT2D eigenvalue weighted by molar-refractivity contribution is 0.0898. The summed E-state index contributed by atoms with van der Waals surface area (Å²) in [6.07, 6.45) is 1.60. The van der Waals surface area contributed by atoms with Gasteiger partial charge < -0.3 is 11.1 Å². The summed E-state index contributed by atoms with van der Waals surface area (Å²) in [6, 6.07) is 3.51. The van der Waals surface area contributed by atoms with Crippen molar-refractivity contribution in [2.75, 3.05) is 17.5 Å². The van der Waals surface area contributed by atoms with Crippen molar-refractivity contribution in [1.29, 1.82) is 0 Å². The van der Waals surface area contributed by atoms with Crippen LogP contribution in [0, 0.1) is 11.7 Å². The van der Waals surface area contributed by atoms with E-state index in [0.29, 0.717) is 12.3 Å². The Kier molecular flexibility index (Phi) is 6.12. The first-order valence-corrected chi connectivity index (χ1v) is 9.15. The minimum absolute atomic E-state index is 0.154. The first-order valence-electron chi connectivity index (χ1n) is 7.26. The van der Waals surface area contributed by atoms with Gasteiger partial charge in [-0.25, -0.2) is 12.8 Å². The third-order valence-corrected chi connectivity index (χ3v) is 3.84. The van der Waals surface area contributed by atoms with Crippen LogP contribution < -0.4 is 15.8 Å². The first-order chi connectivity index (χ1) is 10.5. The third kappa shape index (κ3) is 6.15. The second-order valence-electron chi connectivity index (χ2n) is 6.39. The van der Waals surface area contributed by atoms with Crippen LogP contribution in [0.1, 0.15) is 37.6 Å². The number of nitrogens with one attached hydrogen (secondary N) is 2. The van der Waals surface area contributed by atoms with Gasteiger partial charge >= 0.3 is 0 Å². The maximum Gasteiger partial charge on any atom is 0.251 e. The molecule has 0 aliphatic heterocycles. The van der Waals surface area contributed by atoms with E-state index >= 15 is 0 Å². The summed E-state index contributed by atoms with van der Waals surface area (Å²) in [5.74, 6) is -0.856. The van der Waals surface area contributed by atoms with Crippen molar-refractivity contribution in [2.24, 2.45) is 11.7 Å². The van der Waals surface area contributed by atoms with Gasteiger partial charge in [-0.2, -0.15) is 0 Å². The van der Waals surface area contributed by atoms with Crippen LogP contribution in [0.25, 0.3) is 0 Å². The molecule has 8 heteroatoms. The highest BCUT2D eigenvalue weighted by molar-refractivity contribution is 7.92. The Morgan fingerprint density at radius 2 is 2.00 bits per heavy atom. The third-order valence-electron chi connectivity index (χ3n) is 3.25. The van der Waals surface area contributed by atoms with Gasteiger partial charge in [0.15, 0.2) is 0 Å². The Balaban J connectivity index is 3.02. The number of amides is 1. The fourth-order valence-corrected chi connectivity index (χ4v) is 2.93. The molecule has 4 N–H and O–H groups in total. The molecule has 1 amide bonds. The molecule has 0 spiro atoms. The van der Waals surface area contributed by atoms with Crippen molar-refractivity contribution >= 4 is 21.6 Å². The zero-order valence-corrected chi connectivity index (χ0v) is 14.6. The molecule has 1 aromatic rings. The fraction of sp³-hybridized carbons (Fsp3) is 0.533. The molecule has 0 radical (unpaired) electrons. The molecule has 1 unspecified atom stereocenters. The molecule has 1 aromatic carbocycles. The molecule has 0 aliphatic rings. The zero-order chi connectivity index (χ0) is 17.8. The van der Waals surface area contributed by atoms with Gasteiger partial charge in [0.25, 0.3) is 5.91 Å². The number of anilines is 1. The molecule has 0 heterocycles. The van der Waals surface area contributed by atoms with Gasteiger partial charge in [-0.15, -0.1) is 0 Å². The fourth-order valence-electron chi connectivity index (χ4n) is 2.38. The lowest BCUT2D eigenvalue weighted by Gasteiger charge is -2.31. The Hall–Kier alpha value is -1.67. The number of benzene rings is 1. The Morgan fingerprint density at radius 1 is 1.39 bits per heavy atom. The van der Waals surface area contributed by atoms with E-state index in [1.165, 1.54) is 6.07 Å². The largest absolute Gasteiger partial charge is 0.346 e. The normalized spacial score (nSPS) is 14.4. The average molecular weight is 345 g/mol. The lowest BCUT2D eigenvalue weighted by Crippen LogP contribution is -2.52. The SMILES string of the molecule is CC(C)CC(C)(CN)NC(=O)c1ccc(F)c(NS(C)(=O)=O)c1. The van der Waals surface area contributed by atoms with E-state index in [-0.39, 0.29) is 17.8 Å². The highest BCUT2D eigenvalue weighted by Gasteiger charge is 2.26. The number of hydrogen-bond donors (Lipinski definition) is 3. The predicted molar refractivity (Wildman–Crippen MR) is 89.2 cm³/mol. The van der Waals surface area contributed by atoms with Gasteiger partial charge in [0, 0.05) is 17.6 Å². The summed E-state index contributed by atoms with van der Waals surface area (Å²) in [5, 5.41) is 2.84. The molecule has 6 nitrogen and oxygen atoms in total. The Labute approximate surface area is 136 Å². The topological polar surface area (TPSA) is 101 Å². The molecule has 0 fully saturated rings. The lowest BCUT2D eigenvalue weighted by atomic mass is 9.90. The Morgan fingerprint density at radius 3 is 2.48 bits per heavy atom. The van der Waals surface area contributed by atoms with Crippen LogP contribution >= 0.6 is 0 Å². The second-order valence-corrected chi connectivity index (χ2v) is 8.13. The van der Waals surface area contributed by atoms with Gasteiger partial charge in [0.1, 0.15) is 5.82 Å². The number of carbonyl (C=O) groups excluding carboxylic acids is 1. The first kappa shape index (κ1) is 19.4. The number of carbonyl (C=O) groups is 1. The molecule has 0 bridgehead atoms. The number of hydrogen-bond acceptors (Lipinski definition) is 4.